The van der Waals surface area contributed by atoms with E-state index in [0.717, 1.165) is 12.8 Å². The van der Waals surface area contributed by atoms with E-state index in [1.807, 2.05) is 13.8 Å². The molecule has 4 unspecified atom stereocenters. The molecule has 18 heavy (non-hydrogen) atoms. The Morgan fingerprint density at radius 1 is 1.50 bits per heavy atom. The van der Waals surface area contributed by atoms with Crippen molar-refractivity contribution in [2.75, 3.05) is 12.4 Å². The van der Waals surface area contributed by atoms with Crippen LogP contribution >= 0.6 is 11.8 Å². The zero-order valence-electron chi connectivity index (χ0n) is 10.7. The predicted molar refractivity (Wildman–Crippen MR) is 68.3 cm³/mol. The van der Waals surface area contributed by atoms with E-state index in [0.29, 0.717) is 12.4 Å². The number of rotatable bonds is 3. The molecular weight excluding hydrogens is 254 g/mol. The largest absolute Gasteiger partial charge is 0.480 e. The van der Waals surface area contributed by atoms with E-state index in [-0.39, 0.29) is 17.2 Å². The molecule has 1 N–H and O–H groups in total. The Hall–Kier alpha value is -0.750. The van der Waals surface area contributed by atoms with Crippen LogP contribution in [0.3, 0.4) is 0 Å². The van der Waals surface area contributed by atoms with Gasteiger partial charge in [-0.15, -0.1) is 11.8 Å². The average molecular weight is 273 g/mol. The summed E-state index contributed by atoms with van der Waals surface area (Å²) in [7, 11) is 0. The van der Waals surface area contributed by atoms with Crippen molar-refractivity contribution in [1.82, 2.24) is 4.90 Å². The first-order valence-electron chi connectivity index (χ1n) is 6.34. The Balaban J connectivity index is 2.16. The molecular formula is C12H19NO4S. The van der Waals surface area contributed by atoms with Crippen molar-refractivity contribution in [3.05, 3.63) is 0 Å². The minimum atomic E-state index is -0.919. The number of amides is 1. The van der Waals surface area contributed by atoms with Crippen molar-refractivity contribution in [3.63, 3.8) is 0 Å². The molecule has 5 nitrogen and oxygen atoms in total. The molecule has 0 aromatic heterocycles. The number of carboxylic acid groups (broad SMARTS) is 1. The van der Waals surface area contributed by atoms with E-state index >= 15 is 0 Å². The summed E-state index contributed by atoms with van der Waals surface area (Å²) >= 11 is 1.54. The average Bonchev–Trinajstić information content (AvgIpc) is 2.93. The molecule has 2 aliphatic rings. The van der Waals surface area contributed by atoms with Crippen molar-refractivity contribution in [1.29, 1.82) is 0 Å². The minimum Gasteiger partial charge on any atom is -0.480 e. The van der Waals surface area contributed by atoms with Crippen LogP contribution in [-0.2, 0) is 14.3 Å². The van der Waals surface area contributed by atoms with Gasteiger partial charge in [0.2, 0.25) is 0 Å². The molecule has 4 atom stereocenters. The van der Waals surface area contributed by atoms with E-state index in [9.17, 15) is 14.7 Å². The van der Waals surface area contributed by atoms with Gasteiger partial charge in [0.25, 0.3) is 5.91 Å². The number of carboxylic acids is 1. The maximum absolute atomic E-state index is 12.5. The zero-order chi connectivity index (χ0) is 13.3. The molecule has 2 heterocycles. The summed E-state index contributed by atoms with van der Waals surface area (Å²) in [5, 5.41) is 9.17. The summed E-state index contributed by atoms with van der Waals surface area (Å²) in [6.07, 6.45) is 1.17. The second-order valence-corrected chi connectivity index (χ2v) is 6.06. The van der Waals surface area contributed by atoms with E-state index in [1.54, 1.807) is 11.8 Å². The Kier molecular flexibility index (Phi) is 4.17. The lowest BCUT2D eigenvalue weighted by Crippen LogP contribution is -2.50. The molecule has 1 amide bonds. The fourth-order valence-electron chi connectivity index (χ4n) is 2.52. The second-order valence-electron chi connectivity index (χ2n) is 4.85. The smallest absolute Gasteiger partial charge is 0.327 e. The number of nitrogens with zero attached hydrogens (tertiary/aromatic N) is 1. The minimum absolute atomic E-state index is 0.0324. The van der Waals surface area contributed by atoms with Gasteiger partial charge in [0.1, 0.15) is 12.1 Å². The van der Waals surface area contributed by atoms with Gasteiger partial charge in [-0.1, -0.05) is 13.8 Å². The Labute approximate surface area is 111 Å². The summed E-state index contributed by atoms with van der Waals surface area (Å²) < 4.78 is 5.47. The normalized spacial score (nSPS) is 36.0. The third-order valence-corrected chi connectivity index (χ3v) is 5.07. The van der Waals surface area contributed by atoms with Gasteiger partial charge >= 0.3 is 5.97 Å². The van der Waals surface area contributed by atoms with Crippen LogP contribution in [0.15, 0.2) is 0 Å². The summed E-state index contributed by atoms with van der Waals surface area (Å²) in [5.41, 5.74) is 0. The molecule has 2 aliphatic heterocycles. The Bertz CT molecular complexity index is 349. The van der Waals surface area contributed by atoms with Gasteiger partial charge in [0.15, 0.2) is 0 Å². The maximum atomic E-state index is 12.5. The standard InChI is InChI=1S/C12H19NO4S/c1-3-9-13(8(6-18-9)12(15)16)11(14)10-7(2)4-5-17-10/h7-10H,3-6H2,1-2H3,(H,15,16). The SMILES string of the molecule is CCC1SCC(C(=O)O)N1C(=O)C1OCCC1C. The first kappa shape index (κ1) is 13.7. The van der Waals surface area contributed by atoms with Crippen molar-refractivity contribution in [3.8, 4) is 0 Å². The molecule has 0 radical (unpaired) electrons. The topological polar surface area (TPSA) is 66.8 Å². The van der Waals surface area contributed by atoms with Crippen molar-refractivity contribution in [2.45, 2.75) is 44.2 Å². The molecule has 2 saturated heterocycles. The molecule has 2 fully saturated rings. The quantitative estimate of drug-likeness (QED) is 0.836. The lowest BCUT2D eigenvalue weighted by atomic mass is 10.0. The number of carbonyl (C=O) groups is 2. The van der Waals surface area contributed by atoms with Crippen molar-refractivity contribution < 1.29 is 19.4 Å². The van der Waals surface area contributed by atoms with Crippen molar-refractivity contribution >= 4 is 23.6 Å². The van der Waals surface area contributed by atoms with Crippen LogP contribution in [-0.4, -0.2) is 51.8 Å². The fraction of sp³-hybridized carbons (Fsp3) is 0.833. The van der Waals surface area contributed by atoms with Crippen molar-refractivity contribution in [2.24, 2.45) is 5.92 Å². The van der Waals surface area contributed by atoms with Crippen LogP contribution in [0.1, 0.15) is 26.7 Å². The van der Waals surface area contributed by atoms with Crippen LogP contribution in [0.2, 0.25) is 0 Å². The van der Waals surface area contributed by atoms with Crippen LogP contribution < -0.4 is 0 Å². The number of carbonyl (C=O) groups excluding carboxylic acids is 1. The monoisotopic (exact) mass is 273 g/mol. The number of hydrogen-bond donors (Lipinski definition) is 1. The fourth-order valence-corrected chi connectivity index (χ4v) is 3.88. The molecule has 0 aliphatic carbocycles. The van der Waals surface area contributed by atoms with Gasteiger partial charge in [-0.2, -0.15) is 0 Å². The highest BCUT2D eigenvalue weighted by Gasteiger charge is 2.45. The van der Waals surface area contributed by atoms with Gasteiger partial charge in [0.05, 0.1) is 5.37 Å². The first-order chi connectivity index (χ1) is 8.56. The van der Waals surface area contributed by atoms with E-state index in [4.69, 9.17) is 4.74 Å². The first-order valence-corrected chi connectivity index (χ1v) is 7.39. The lowest BCUT2D eigenvalue weighted by Gasteiger charge is -2.30. The number of thioether (sulfide) groups is 1. The molecule has 0 saturated carbocycles. The highest BCUT2D eigenvalue weighted by atomic mass is 32.2. The highest BCUT2D eigenvalue weighted by molar-refractivity contribution is 8.00. The van der Waals surface area contributed by atoms with Crippen LogP contribution in [0, 0.1) is 5.92 Å². The van der Waals surface area contributed by atoms with Gasteiger partial charge in [-0.05, 0) is 18.8 Å². The summed E-state index contributed by atoms with van der Waals surface area (Å²) in [5.74, 6) is -0.419. The van der Waals surface area contributed by atoms with Gasteiger partial charge in [0, 0.05) is 12.4 Å². The second kappa shape index (κ2) is 5.48. The number of aliphatic carboxylic acids is 1. The van der Waals surface area contributed by atoms with Gasteiger partial charge in [-0.3, -0.25) is 4.79 Å². The lowest BCUT2D eigenvalue weighted by molar-refractivity contribution is -0.154. The molecule has 0 bridgehead atoms. The number of hydrogen-bond acceptors (Lipinski definition) is 4. The predicted octanol–water partition coefficient (Wildman–Crippen LogP) is 1.18. The van der Waals surface area contributed by atoms with E-state index in [1.165, 1.54) is 4.90 Å². The van der Waals surface area contributed by atoms with Crippen LogP contribution in [0.4, 0.5) is 0 Å². The molecule has 6 heteroatoms. The molecule has 0 spiro atoms. The third kappa shape index (κ3) is 2.36. The van der Waals surface area contributed by atoms with Gasteiger partial charge in [-0.25, -0.2) is 4.79 Å². The van der Waals surface area contributed by atoms with Crippen LogP contribution in [0.5, 0.6) is 0 Å². The molecule has 0 aromatic carbocycles. The molecule has 0 aromatic rings. The maximum Gasteiger partial charge on any atom is 0.327 e. The summed E-state index contributed by atoms with van der Waals surface area (Å²) in [4.78, 5) is 25.2. The molecule has 2 rings (SSSR count). The van der Waals surface area contributed by atoms with E-state index < -0.39 is 18.1 Å². The van der Waals surface area contributed by atoms with Crippen LogP contribution in [0.25, 0.3) is 0 Å². The molecule has 102 valence electrons. The summed E-state index contributed by atoms with van der Waals surface area (Å²) in [6.45, 7) is 4.55. The Morgan fingerprint density at radius 2 is 2.22 bits per heavy atom. The Morgan fingerprint density at radius 3 is 2.72 bits per heavy atom. The third-order valence-electron chi connectivity index (χ3n) is 3.61. The summed E-state index contributed by atoms with van der Waals surface area (Å²) in [6, 6.07) is -0.705. The highest BCUT2D eigenvalue weighted by Crippen LogP contribution is 2.34. The van der Waals surface area contributed by atoms with Gasteiger partial charge < -0.3 is 14.7 Å². The van der Waals surface area contributed by atoms with E-state index in [2.05, 4.69) is 0 Å². The number of ether oxygens (including phenoxy) is 1. The zero-order valence-corrected chi connectivity index (χ0v) is 11.5.